The highest BCUT2D eigenvalue weighted by Crippen LogP contribution is 2.33. The molecule has 2 aliphatic heterocycles. The van der Waals surface area contributed by atoms with E-state index in [1.54, 1.807) is 7.11 Å². The molecule has 33 heavy (non-hydrogen) atoms. The first-order valence-electron chi connectivity index (χ1n) is 11.3. The average Bonchev–Trinajstić information content (AvgIpc) is 3.46. The third kappa shape index (κ3) is 6.37. The van der Waals surface area contributed by atoms with E-state index in [0.29, 0.717) is 26.1 Å². The molecule has 0 saturated heterocycles. The molecule has 8 nitrogen and oxygen atoms in total. The number of aliphatic hydroxyl groups excluding tert-OH is 1. The molecule has 178 valence electrons. The molecular formula is C25H32N2O6. The molecule has 0 bridgehead atoms. The van der Waals surface area contributed by atoms with Crippen molar-refractivity contribution in [2.24, 2.45) is 5.16 Å². The van der Waals surface area contributed by atoms with E-state index in [2.05, 4.69) is 16.1 Å². The van der Waals surface area contributed by atoms with Gasteiger partial charge in [-0.2, -0.15) is 0 Å². The van der Waals surface area contributed by atoms with E-state index in [-0.39, 0.29) is 25.6 Å². The summed E-state index contributed by atoms with van der Waals surface area (Å²) in [7, 11) is 1.66. The van der Waals surface area contributed by atoms with Crippen molar-refractivity contribution in [3.05, 3.63) is 53.6 Å². The maximum Gasteiger partial charge on any atom is 0.231 e. The Kier molecular flexibility index (Phi) is 7.69. The van der Waals surface area contributed by atoms with Crippen molar-refractivity contribution in [1.29, 1.82) is 0 Å². The minimum absolute atomic E-state index is 0.0716. The van der Waals surface area contributed by atoms with Gasteiger partial charge in [-0.15, -0.1) is 0 Å². The molecule has 2 aliphatic rings. The Morgan fingerprint density at radius 1 is 1.15 bits per heavy atom. The summed E-state index contributed by atoms with van der Waals surface area (Å²) in [6.45, 7) is 6.18. The Hall–Kier alpha value is -2.81. The van der Waals surface area contributed by atoms with Crippen molar-refractivity contribution in [3.8, 4) is 17.2 Å². The molecular weight excluding hydrogens is 424 g/mol. The van der Waals surface area contributed by atoms with Gasteiger partial charge in [0.25, 0.3) is 0 Å². The van der Waals surface area contributed by atoms with Crippen LogP contribution in [0.15, 0.2) is 47.6 Å². The summed E-state index contributed by atoms with van der Waals surface area (Å²) in [6, 6.07) is 13.8. The molecule has 2 aromatic rings. The van der Waals surface area contributed by atoms with E-state index in [1.165, 1.54) is 0 Å². The number of aliphatic hydroxyl groups is 1. The number of hydrogen-bond donors (Lipinski definition) is 1. The zero-order chi connectivity index (χ0) is 23.2. The summed E-state index contributed by atoms with van der Waals surface area (Å²) < 4.78 is 21.8. The van der Waals surface area contributed by atoms with E-state index in [0.717, 1.165) is 34.1 Å². The normalized spacial score (nSPS) is 17.9. The maximum atomic E-state index is 10.6. The van der Waals surface area contributed by atoms with Crippen LogP contribution in [0, 0.1) is 0 Å². The van der Waals surface area contributed by atoms with Gasteiger partial charge in [-0.3, -0.25) is 4.90 Å². The third-order valence-electron chi connectivity index (χ3n) is 5.53. The van der Waals surface area contributed by atoms with Crippen LogP contribution in [0.25, 0.3) is 0 Å². The smallest absolute Gasteiger partial charge is 0.231 e. The summed E-state index contributed by atoms with van der Waals surface area (Å²) >= 11 is 0. The number of fused-ring (bicyclic) bond motifs is 1. The third-order valence-corrected chi connectivity index (χ3v) is 5.53. The summed E-state index contributed by atoms with van der Waals surface area (Å²) in [5.41, 5.74) is 2.94. The molecule has 2 heterocycles. The summed E-state index contributed by atoms with van der Waals surface area (Å²) in [5, 5.41) is 14.9. The van der Waals surface area contributed by atoms with Crippen molar-refractivity contribution in [3.63, 3.8) is 0 Å². The fourth-order valence-electron chi connectivity index (χ4n) is 3.95. The van der Waals surface area contributed by atoms with Crippen molar-refractivity contribution < 1.29 is 28.9 Å². The SMILES string of the molecule is COc1cccc(CN(C[C@@H](O)COC(C)C)C[C@@H]2CC(c3ccc4c(c3)OCO4)=NO2)c1. The van der Waals surface area contributed by atoms with Crippen molar-refractivity contribution in [2.45, 2.75) is 45.1 Å². The minimum Gasteiger partial charge on any atom is -0.497 e. The number of hydrogen-bond acceptors (Lipinski definition) is 8. The molecule has 0 unspecified atom stereocenters. The Balaban J connectivity index is 1.40. The lowest BCUT2D eigenvalue weighted by Crippen LogP contribution is -2.39. The van der Waals surface area contributed by atoms with E-state index in [4.69, 9.17) is 23.8 Å². The van der Waals surface area contributed by atoms with Crippen molar-refractivity contribution in [2.75, 3.05) is 33.6 Å². The lowest BCUT2D eigenvalue weighted by atomic mass is 10.0. The van der Waals surface area contributed by atoms with E-state index in [1.807, 2.05) is 50.2 Å². The largest absolute Gasteiger partial charge is 0.497 e. The highest BCUT2D eigenvalue weighted by Gasteiger charge is 2.27. The van der Waals surface area contributed by atoms with Crippen LogP contribution in [0.2, 0.25) is 0 Å². The summed E-state index contributed by atoms with van der Waals surface area (Å²) in [5.74, 6) is 2.28. The summed E-state index contributed by atoms with van der Waals surface area (Å²) in [6.07, 6.45) is 0.0255. The highest BCUT2D eigenvalue weighted by atomic mass is 16.7. The molecule has 0 saturated carbocycles. The van der Waals surface area contributed by atoms with Gasteiger partial charge >= 0.3 is 0 Å². The Morgan fingerprint density at radius 3 is 2.82 bits per heavy atom. The molecule has 2 atom stereocenters. The van der Waals surface area contributed by atoms with E-state index in [9.17, 15) is 5.11 Å². The quantitative estimate of drug-likeness (QED) is 0.556. The molecule has 4 rings (SSSR count). The van der Waals surface area contributed by atoms with Gasteiger partial charge in [0.2, 0.25) is 6.79 Å². The predicted molar refractivity (Wildman–Crippen MR) is 124 cm³/mol. The number of nitrogens with zero attached hydrogens (tertiary/aromatic N) is 2. The molecule has 2 aromatic carbocycles. The van der Waals surface area contributed by atoms with Gasteiger partial charge < -0.3 is 28.9 Å². The van der Waals surface area contributed by atoms with Crippen LogP contribution < -0.4 is 14.2 Å². The Bertz CT molecular complexity index is 964. The number of benzene rings is 2. The minimum atomic E-state index is -0.603. The second kappa shape index (κ2) is 10.9. The van der Waals surface area contributed by atoms with Crippen LogP contribution in [0.1, 0.15) is 31.4 Å². The van der Waals surface area contributed by atoms with Crippen LogP contribution in [-0.4, -0.2) is 67.6 Å². The number of methoxy groups -OCH3 is 1. The number of ether oxygens (including phenoxy) is 4. The fourth-order valence-corrected chi connectivity index (χ4v) is 3.95. The Labute approximate surface area is 194 Å². The van der Waals surface area contributed by atoms with Gasteiger partial charge in [-0.05, 0) is 49.7 Å². The molecule has 0 spiro atoms. The zero-order valence-corrected chi connectivity index (χ0v) is 19.4. The maximum absolute atomic E-state index is 10.6. The average molecular weight is 457 g/mol. The van der Waals surface area contributed by atoms with E-state index >= 15 is 0 Å². The standard InChI is InChI=1S/C25H32N2O6/c1-17(2)30-15-20(28)13-27(12-18-5-4-6-21(9-18)29-3)14-22-11-23(26-33-22)19-7-8-24-25(10-19)32-16-31-24/h4-10,17,20,22,28H,11-16H2,1-3H3/t20-,22+/m1/s1. The van der Waals surface area contributed by atoms with Gasteiger partial charge in [0.1, 0.15) is 11.9 Å². The predicted octanol–water partition coefficient (Wildman–Crippen LogP) is 3.21. The van der Waals surface area contributed by atoms with Crippen molar-refractivity contribution in [1.82, 2.24) is 4.90 Å². The van der Waals surface area contributed by atoms with Gasteiger partial charge in [0, 0.05) is 31.6 Å². The number of oxime groups is 1. The molecule has 0 radical (unpaired) electrons. The van der Waals surface area contributed by atoms with Gasteiger partial charge in [0.05, 0.1) is 31.6 Å². The second-order valence-corrected chi connectivity index (χ2v) is 8.62. The van der Waals surface area contributed by atoms with Crippen LogP contribution in [0.3, 0.4) is 0 Å². The monoisotopic (exact) mass is 456 g/mol. The molecule has 0 fully saturated rings. The lowest BCUT2D eigenvalue weighted by Gasteiger charge is -2.27. The van der Waals surface area contributed by atoms with Crippen LogP contribution in [-0.2, 0) is 16.1 Å². The van der Waals surface area contributed by atoms with Crippen LogP contribution in [0.4, 0.5) is 0 Å². The van der Waals surface area contributed by atoms with Gasteiger partial charge in [-0.25, -0.2) is 0 Å². The lowest BCUT2D eigenvalue weighted by molar-refractivity contribution is -0.0194. The Morgan fingerprint density at radius 2 is 2.00 bits per heavy atom. The first-order chi connectivity index (χ1) is 16.0. The second-order valence-electron chi connectivity index (χ2n) is 8.62. The van der Waals surface area contributed by atoms with Gasteiger partial charge in [-0.1, -0.05) is 17.3 Å². The fraction of sp³-hybridized carbons (Fsp3) is 0.480. The van der Waals surface area contributed by atoms with Crippen LogP contribution in [0.5, 0.6) is 17.2 Å². The molecule has 0 amide bonds. The molecule has 0 aromatic heterocycles. The van der Waals surface area contributed by atoms with Crippen molar-refractivity contribution >= 4 is 5.71 Å². The molecule has 1 N–H and O–H groups in total. The number of rotatable bonds is 11. The molecule has 8 heteroatoms. The van der Waals surface area contributed by atoms with Gasteiger partial charge in [0.15, 0.2) is 11.5 Å². The highest BCUT2D eigenvalue weighted by molar-refractivity contribution is 6.01. The van der Waals surface area contributed by atoms with Crippen LogP contribution >= 0.6 is 0 Å². The first-order valence-corrected chi connectivity index (χ1v) is 11.3. The molecule has 0 aliphatic carbocycles. The first kappa shape index (κ1) is 23.4. The van der Waals surface area contributed by atoms with E-state index < -0.39 is 6.10 Å². The topological polar surface area (TPSA) is 82.0 Å². The zero-order valence-electron chi connectivity index (χ0n) is 19.4. The summed E-state index contributed by atoms with van der Waals surface area (Å²) in [4.78, 5) is 7.94.